The van der Waals surface area contributed by atoms with E-state index < -0.39 is 101 Å². The molecule has 3 unspecified atom stereocenters. The molecule has 3 amide bonds. The average molecular weight is 1890 g/mol. The van der Waals surface area contributed by atoms with Crippen molar-refractivity contribution < 1.29 is 126 Å². The number of phenols is 1. The zero-order valence-electron chi connectivity index (χ0n) is 76.8. The molecule has 2 aliphatic heterocycles. The Morgan fingerprint density at radius 1 is 0.478 bits per heavy atom. The van der Waals surface area contributed by atoms with Crippen LogP contribution in [0.25, 0.3) is 43.6 Å². The molecule has 4 aromatic heterocycles. The lowest BCUT2D eigenvalue weighted by Crippen LogP contribution is -2.51. The van der Waals surface area contributed by atoms with Gasteiger partial charge in [-0.1, -0.05) is 159 Å². The normalized spacial score (nSPS) is 15.8. The van der Waals surface area contributed by atoms with Gasteiger partial charge in [0.15, 0.2) is 0 Å². The van der Waals surface area contributed by atoms with E-state index in [0.29, 0.717) is 64.2 Å². The van der Waals surface area contributed by atoms with Crippen molar-refractivity contribution in [3.8, 4) is 28.7 Å². The number of anilines is 1. The number of aliphatic carboxylic acids is 3. The molecule has 9 aromatic carbocycles. The van der Waals surface area contributed by atoms with Gasteiger partial charge >= 0.3 is 66.0 Å². The molecule has 1 saturated carbocycles. The number of aromatic amines is 4. The number of carbonyl (C=O) groups is 11. The summed E-state index contributed by atoms with van der Waals surface area (Å²) in [6.07, 6.45) is 4.27. The number of phenolic OH excluding ortho intramolecular Hbond substituents is 1. The number of carboxylic acids is 3. The van der Waals surface area contributed by atoms with Gasteiger partial charge in [-0.15, -0.1) is 0 Å². The number of carboxylic acid groups (broad SMARTS) is 3. The van der Waals surface area contributed by atoms with E-state index in [1.807, 2.05) is 170 Å². The molecule has 35 heteroatoms. The first-order valence-corrected chi connectivity index (χ1v) is 43.5. The lowest BCUT2D eigenvalue weighted by atomic mass is 9.90. The molecule has 0 radical (unpaired) electrons. The van der Waals surface area contributed by atoms with Crippen LogP contribution in [-0.2, 0) is 118 Å². The van der Waals surface area contributed by atoms with Gasteiger partial charge in [-0.25, -0.2) is 28.8 Å². The Morgan fingerprint density at radius 3 is 1.44 bits per heavy atom. The predicted octanol–water partition coefficient (Wildman–Crippen LogP) is 15.8. The quantitative estimate of drug-likeness (QED) is 0.0136. The maximum atomic E-state index is 12.7. The van der Waals surface area contributed by atoms with Crippen molar-refractivity contribution in [1.82, 2.24) is 35.5 Å². The molecule has 16 rings (SSSR count). The van der Waals surface area contributed by atoms with Crippen molar-refractivity contribution in [2.75, 3.05) is 19.5 Å². The van der Waals surface area contributed by atoms with Crippen molar-refractivity contribution in [1.29, 1.82) is 0 Å². The zero-order chi connectivity index (χ0) is 98.8. The first-order valence-electron chi connectivity index (χ1n) is 43.5. The number of fused-ring (bicyclic) bond motifs is 7. The van der Waals surface area contributed by atoms with Crippen LogP contribution in [0.4, 0.5) is 20.1 Å². The van der Waals surface area contributed by atoms with Crippen LogP contribution in [0.3, 0.4) is 0 Å². The fourth-order valence-corrected chi connectivity index (χ4v) is 15.1. The van der Waals surface area contributed by atoms with Gasteiger partial charge in [0, 0.05) is 114 Å². The van der Waals surface area contributed by atoms with E-state index >= 15 is 0 Å². The van der Waals surface area contributed by atoms with Gasteiger partial charge in [-0.3, -0.25) is 28.9 Å². The molecule has 6 heterocycles. The van der Waals surface area contributed by atoms with E-state index in [4.69, 9.17) is 53.5 Å². The number of hydrogen-bond acceptors (Lipinski definition) is 25. The number of nitrogens with one attached hydrogen (secondary N) is 7. The SMILES string of the molecule is C.CC(=O)Oc1cccc2[nH]cc(C[C@H](NC(=O)OC(C)(C)C)C(=O)O)c12.CC(=O)Oc1cccc2c1C1(O)C[C@@H](C(=O)O)N(C(=O)OC(C)(C)C)C1N2.COC(=O)[C@@H]1CC1C(=O)OCc1ccccc1.COC(=O)[C@H](Cc1c[nH]c2cccc(OCc3ccccc3)c12)NC(=O)OCc1ccccc1.N[C@@H](Cc1c[nH]c2cccc(O)c12)C(=O)O.c1ccc(COc2cccc3[nH]ccc23)cc1. The summed E-state index contributed by atoms with van der Waals surface area (Å²) in [6, 6.07) is 63.3. The second-order valence-corrected chi connectivity index (χ2v) is 34.0. The fraction of sp³-hybridized carbons (Fsp3) is 0.291. The monoisotopic (exact) mass is 1890 g/mol. The number of H-pyrrole nitrogens is 4. The summed E-state index contributed by atoms with van der Waals surface area (Å²) in [5, 5.41) is 60.0. The smallest absolute Gasteiger partial charge is 0.412 e. The second kappa shape index (κ2) is 47.6. The highest BCUT2D eigenvalue weighted by Gasteiger charge is 2.62. The van der Waals surface area contributed by atoms with Crippen molar-refractivity contribution in [2.24, 2.45) is 17.6 Å². The number of ether oxygens (including phenoxy) is 10. The number of hydrogen-bond donors (Lipinski definition) is 13. The number of aromatic hydroxyl groups is 1. The van der Waals surface area contributed by atoms with E-state index in [-0.39, 0.29) is 87.2 Å². The minimum Gasteiger partial charge on any atom is -0.507 e. The third-order valence-corrected chi connectivity index (χ3v) is 21.4. The van der Waals surface area contributed by atoms with E-state index in [1.54, 1.807) is 96.4 Å². The maximum Gasteiger partial charge on any atom is 0.412 e. The summed E-state index contributed by atoms with van der Waals surface area (Å²) in [7, 11) is 2.61. The lowest BCUT2D eigenvalue weighted by molar-refractivity contribution is -0.150. The molecule has 14 N–H and O–H groups in total. The van der Waals surface area contributed by atoms with Gasteiger partial charge in [0.05, 0.1) is 31.6 Å². The third-order valence-electron chi connectivity index (χ3n) is 21.4. The van der Waals surface area contributed by atoms with E-state index in [2.05, 4.69) is 52.8 Å². The number of esters is 5. The molecule has 0 spiro atoms. The first kappa shape index (κ1) is 104. The van der Waals surface area contributed by atoms with Gasteiger partial charge < -0.3 is 115 Å². The molecule has 13 aromatic rings. The molecule has 35 nitrogen and oxygen atoms in total. The van der Waals surface area contributed by atoms with Crippen molar-refractivity contribution in [3.63, 3.8) is 0 Å². The van der Waals surface area contributed by atoms with E-state index in [1.165, 1.54) is 39.7 Å². The standard InChI is InChI=1S/C27H26N2O5.C18H22N2O7.C18H22N2O6.C15H13NO.C13H14O4.C11H12N2O3.CH4/c1-32-26(30)23(29-27(31)34-18-20-11-6-3-7-12-20)15-21-16-28-22-13-8-14-24(25(21)22)33-17-19-9-4-2-5-10-19;1-9(21)26-12-7-5-6-10-13(12)18(25)8-11(14(22)23)20(15(18)19-10)16(24)27-17(2,3)4;1-10(21)25-14-7-5-6-12-15(14)11(9-19-12)8-13(16(22)23)20-17(24)26-18(2,3)4;1-2-5-12(6-3-1)11-17-15-8-4-7-14-13(15)9-10-16-14;1-16-12(14)10-7-11(10)13(15)17-8-9-5-3-2-4-6-9;12-7(11(15)16)4-6-5-13-8-2-1-3-9(14)10(6)8;/h2-14,16,23,28H,15,17-18H2,1H3,(H,29,31);5-7,11,15,19,25H,8H2,1-4H3,(H,22,23);5-7,9,13,19H,8H2,1-4H3,(H,20,24)(H,22,23);1-10,16H,11H2;2-6,10-11H,7-8H2,1H3;1-3,5,7,13-14H,4,12H2,(H,15,16);1H4/t23-;11-,15?,18?;13-;;10-,11?;7-;/m000.10./s1. The Hall–Kier alpha value is -16.2. The highest BCUT2D eigenvalue weighted by Crippen LogP contribution is 2.53. The molecule has 0 bridgehead atoms. The molecule has 3 aliphatic rings. The van der Waals surface area contributed by atoms with Gasteiger partial charge in [0.1, 0.15) is 102 Å². The molecule has 2 fully saturated rings. The Labute approximate surface area is 794 Å². The summed E-state index contributed by atoms with van der Waals surface area (Å²) in [6.45, 7) is 13.9. The first-order chi connectivity index (χ1) is 65.4. The Morgan fingerprint density at radius 2 is 0.928 bits per heavy atom. The average Bonchev–Trinajstić information content (AvgIpc) is 1.55. The van der Waals surface area contributed by atoms with Crippen LogP contribution >= 0.6 is 0 Å². The van der Waals surface area contributed by atoms with Crippen molar-refractivity contribution in [3.05, 3.63) is 288 Å². The molecule has 1 aliphatic carbocycles. The number of nitrogens with zero attached hydrogens (tertiary/aromatic N) is 1. The van der Waals surface area contributed by atoms with Gasteiger partial charge in [0.25, 0.3) is 0 Å². The maximum absolute atomic E-state index is 12.7. The number of carbonyl (C=O) groups excluding carboxylic acids is 8. The van der Waals surface area contributed by atoms with Gasteiger partial charge in [-0.05, 0) is 154 Å². The number of rotatable bonds is 26. The summed E-state index contributed by atoms with van der Waals surface area (Å²) in [4.78, 5) is 142. The Bertz CT molecular complexity index is 6390. The molecular weight excluding hydrogens is 1780 g/mol. The van der Waals surface area contributed by atoms with E-state index in [9.17, 15) is 73.2 Å². The van der Waals surface area contributed by atoms with Crippen LogP contribution in [0, 0.1) is 11.8 Å². The third kappa shape index (κ3) is 28.5. The number of alkyl carbamates (subject to hydrolysis) is 2. The van der Waals surface area contributed by atoms with Crippen LogP contribution in [0.1, 0.15) is 120 Å². The Balaban J connectivity index is 0.000000174. The molecule has 138 heavy (non-hydrogen) atoms. The number of aliphatic hydroxyl groups is 1. The molecule has 1 saturated heterocycles. The fourth-order valence-electron chi connectivity index (χ4n) is 15.1. The molecule has 726 valence electrons. The number of aromatic nitrogens is 4. The van der Waals surface area contributed by atoms with Gasteiger partial charge in [-0.2, -0.15) is 0 Å². The van der Waals surface area contributed by atoms with E-state index in [0.717, 1.165) is 60.2 Å². The minimum atomic E-state index is -1.75. The summed E-state index contributed by atoms with van der Waals surface area (Å²) in [5.41, 5.74) is 12.4. The second-order valence-electron chi connectivity index (χ2n) is 34.0. The van der Waals surface area contributed by atoms with Crippen molar-refractivity contribution >= 4 is 115 Å². The summed E-state index contributed by atoms with van der Waals surface area (Å²) >= 11 is 0. The summed E-state index contributed by atoms with van der Waals surface area (Å²) < 4.78 is 52.7. The summed E-state index contributed by atoms with van der Waals surface area (Å²) in [5.74, 6) is -4.21. The number of likely N-dealkylation sites (tertiary alicyclic amines) is 1. The molecule has 8 atom stereocenters. The highest BCUT2D eigenvalue weighted by molar-refractivity contribution is 5.95. The minimum absolute atomic E-state index is 0. The lowest BCUT2D eigenvalue weighted by Gasteiger charge is -2.31. The van der Waals surface area contributed by atoms with Crippen LogP contribution in [0.5, 0.6) is 28.7 Å². The van der Waals surface area contributed by atoms with Crippen LogP contribution in [0.2, 0.25) is 0 Å². The number of amides is 3. The Kier molecular flexibility index (Phi) is 35.9. The number of methoxy groups -OCH3 is 2. The van der Waals surface area contributed by atoms with Crippen LogP contribution < -0.4 is 40.6 Å². The molecular formula is C103H113N9O26. The van der Waals surface area contributed by atoms with Crippen LogP contribution in [0.15, 0.2) is 243 Å². The number of nitrogens with two attached hydrogens (primary N) is 1. The largest absolute Gasteiger partial charge is 0.507 e. The van der Waals surface area contributed by atoms with Crippen molar-refractivity contribution in [2.45, 2.75) is 168 Å². The highest BCUT2D eigenvalue weighted by atomic mass is 16.6. The zero-order valence-corrected chi connectivity index (χ0v) is 76.8. The van der Waals surface area contributed by atoms with Gasteiger partial charge in [0.2, 0.25) is 0 Å². The number of benzene rings is 9. The predicted molar refractivity (Wildman–Crippen MR) is 511 cm³/mol. The topological polar surface area (TPSA) is 510 Å². The van der Waals surface area contributed by atoms with Crippen LogP contribution in [-0.4, -0.2) is 172 Å².